The van der Waals surface area contributed by atoms with Gasteiger partial charge in [-0.15, -0.1) is 0 Å². The van der Waals surface area contributed by atoms with Crippen molar-refractivity contribution in [3.8, 4) is 0 Å². The lowest BCUT2D eigenvalue weighted by Gasteiger charge is -2.01. The third kappa shape index (κ3) is 14.2. The fraction of sp³-hybridized carbons (Fsp3) is 0.727. The molecule has 0 unspecified atom stereocenters. The van der Waals surface area contributed by atoms with Crippen LogP contribution in [-0.2, 0) is 4.79 Å². The number of likely N-dealkylation sites (tertiary alicyclic amines) is 1. The molecule has 13 heavy (non-hydrogen) atoms. The highest BCUT2D eigenvalue weighted by molar-refractivity contribution is 5.86. The van der Waals surface area contributed by atoms with E-state index in [0.717, 1.165) is 0 Å². The minimum absolute atomic E-state index is 0.0185. The molecular weight excluding hydrogens is 162 g/mol. The quantitative estimate of drug-likeness (QED) is 0.585. The first-order chi connectivity index (χ1) is 6.16. The Balaban J connectivity index is 0. The molecule has 0 aliphatic carbocycles. The Bertz CT molecular complexity index is 126. The lowest BCUT2D eigenvalue weighted by Crippen LogP contribution is -2.10. The molecule has 0 N–H and O–H groups in total. The maximum atomic E-state index is 9.69. The van der Waals surface area contributed by atoms with E-state index < -0.39 is 0 Å². The molecule has 0 saturated carbocycles. The van der Waals surface area contributed by atoms with Gasteiger partial charge in [0.05, 0.1) is 0 Å². The molecule has 1 heterocycles. The van der Waals surface area contributed by atoms with Gasteiger partial charge in [0, 0.05) is 0 Å². The van der Waals surface area contributed by atoms with Crippen LogP contribution in [0.3, 0.4) is 0 Å². The van der Waals surface area contributed by atoms with Gasteiger partial charge in [0.15, 0.2) is 5.78 Å². The van der Waals surface area contributed by atoms with Crippen LogP contribution in [-0.4, -0.2) is 30.8 Å². The number of allylic oxidation sites excluding steroid dienone is 1. The molecule has 0 spiro atoms. The smallest absolute Gasteiger partial charge is 0.152 e. The Kier molecular flexibility index (Phi) is 13.0. The van der Waals surface area contributed by atoms with Crippen LogP contribution in [0.25, 0.3) is 0 Å². The Hall–Kier alpha value is -0.630. The zero-order valence-corrected chi connectivity index (χ0v) is 9.47. The van der Waals surface area contributed by atoms with Gasteiger partial charge in [-0.3, -0.25) is 4.79 Å². The number of carbonyl (C=O) groups excluding carboxylic acids is 1. The monoisotopic (exact) mass is 185 g/mol. The van der Waals surface area contributed by atoms with Crippen LogP contribution in [0.15, 0.2) is 12.7 Å². The third-order valence-corrected chi connectivity index (χ3v) is 1.62. The predicted octanol–water partition coefficient (Wildman–Crippen LogP) is 2.50. The summed E-state index contributed by atoms with van der Waals surface area (Å²) in [6, 6.07) is 0. The summed E-state index contributed by atoms with van der Waals surface area (Å²) in [6.07, 6.45) is 4.10. The molecule has 1 aliphatic heterocycles. The van der Waals surface area contributed by atoms with Crippen molar-refractivity contribution in [1.82, 2.24) is 4.90 Å². The Morgan fingerprint density at radius 3 is 1.69 bits per heavy atom. The second kappa shape index (κ2) is 11.4. The van der Waals surface area contributed by atoms with Crippen LogP contribution in [0.2, 0.25) is 0 Å². The van der Waals surface area contributed by atoms with E-state index in [0.29, 0.717) is 0 Å². The molecule has 0 radical (unpaired) electrons. The fourth-order valence-electron chi connectivity index (χ4n) is 0.875. The van der Waals surface area contributed by atoms with E-state index in [1.54, 1.807) is 0 Å². The van der Waals surface area contributed by atoms with Crippen molar-refractivity contribution in [3.63, 3.8) is 0 Å². The highest BCUT2D eigenvalue weighted by Gasteiger charge is 2.03. The first-order valence-corrected chi connectivity index (χ1v) is 4.98. The normalized spacial score (nSPS) is 14.8. The van der Waals surface area contributed by atoms with Gasteiger partial charge in [0.2, 0.25) is 0 Å². The Morgan fingerprint density at radius 2 is 1.62 bits per heavy atom. The lowest BCUT2D eigenvalue weighted by atomic mass is 10.4. The zero-order valence-electron chi connectivity index (χ0n) is 9.47. The Morgan fingerprint density at radius 1 is 1.31 bits per heavy atom. The molecule has 0 bridgehead atoms. The van der Waals surface area contributed by atoms with Crippen LogP contribution in [0.4, 0.5) is 0 Å². The van der Waals surface area contributed by atoms with Gasteiger partial charge in [-0.25, -0.2) is 0 Å². The van der Waals surface area contributed by atoms with E-state index in [1.807, 2.05) is 13.8 Å². The number of ketones is 1. The molecule has 1 rings (SSSR count). The second-order valence-corrected chi connectivity index (χ2v) is 2.83. The molecule has 0 aromatic carbocycles. The van der Waals surface area contributed by atoms with Crippen LogP contribution in [0, 0.1) is 0 Å². The maximum absolute atomic E-state index is 9.69. The van der Waals surface area contributed by atoms with E-state index in [4.69, 9.17) is 0 Å². The molecule has 0 amide bonds. The van der Waals surface area contributed by atoms with Gasteiger partial charge < -0.3 is 4.90 Å². The van der Waals surface area contributed by atoms with Gasteiger partial charge in [-0.05, 0) is 46.0 Å². The van der Waals surface area contributed by atoms with Gasteiger partial charge in [0.25, 0.3) is 0 Å². The number of rotatable bonds is 1. The number of hydrogen-bond acceptors (Lipinski definition) is 2. The van der Waals surface area contributed by atoms with Crippen molar-refractivity contribution in [3.05, 3.63) is 12.7 Å². The molecule has 0 aromatic heterocycles. The zero-order chi connectivity index (χ0) is 10.7. The van der Waals surface area contributed by atoms with Crippen molar-refractivity contribution in [2.75, 3.05) is 20.1 Å². The first kappa shape index (κ1) is 14.9. The van der Waals surface area contributed by atoms with Gasteiger partial charge in [-0.2, -0.15) is 0 Å². The van der Waals surface area contributed by atoms with Crippen molar-refractivity contribution in [1.29, 1.82) is 0 Å². The standard InChI is InChI=1S/C5H11N.C4H6O.C2H6/c1-6-4-2-3-5-6;1-3-4(2)5;1-2/h2-5H2,1H3;3H,1H2,2H3;1-2H3. The second-order valence-electron chi connectivity index (χ2n) is 2.83. The molecule has 1 saturated heterocycles. The Labute approximate surface area is 82.6 Å². The average molecular weight is 185 g/mol. The summed E-state index contributed by atoms with van der Waals surface area (Å²) < 4.78 is 0. The predicted molar refractivity (Wildman–Crippen MR) is 59.0 cm³/mol. The van der Waals surface area contributed by atoms with E-state index in [-0.39, 0.29) is 5.78 Å². The molecule has 0 aromatic rings. The lowest BCUT2D eigenvalue weighted by molar-refractivity contribution is -0.112. The SMILES string of the molecule is C=CC(C)=O.CC.CN1CCCC1. The number of nitrogens with zero attached hydrogens (tertiary/aromatic N) is 1. The van der Waals surface area contributed by atoms with E-state index >= 15 is 0 Å². The minimum atomic E-state index is 0.0185. The summed E-state index contributed by atoms with van der Waals surface area (Å²) >= 11 is 0. The summed E-state index contributed by atoms with van der Waals surface area (Å²) in [5.41, 5.74) is 0. The average Bonchev–Trinajstić information content (AvgIpc) is 2.60. The van der Waals surface area contributed by atoms with Gasteiger partial charge in [-0.1, -0.05) is 20.4 Å². The molecule has 0 atom stereocenters. The van der Waals surface area contributed by atoms with Gasteiger partial charge in [0.1, 0.15) is 0 Å². The fourth-order valence-corrected chi connectivity index (χ4v) is 0.875. The van der Waals surface area contributed by atoms with Crippen LogP contribution in [0.5, 0.6) is 0 Å². The van der Waals surface area contributed by atoms with E-state index in [1.165, 1.54) is 38.9 Å². The summed E-state index contributed by atoms with van der Waals surface area (Å²) in [6.45, 7) is 11.3. The van der Waals surface area contributed by atoms with Crippen LogP contribution < -0.4 is 0 Å². The largest absolute Gasteiger partial charge is 0.306 e. The van der Waals surface area contributed by atoms with Crippen molar-refractivity contribution >= 4 is 5.78 Å². The molecule has 2 heteroatoms. The van der Waals surface area contributed by atoms with Gasteiger partial charge >= 0.3 is 0 Å². The molecule has 1 fully saturated rings. The molecule has 2 nitrogen and oxygen atoms in total. The molecule has 78 valence electrons. The maximum Gasteiger partial charge on any atom is 0.152 e. The van der Waals surface area contributed by atoms with E-state index in [9.17, 15) is 4.79 Å². The number of carbonyl (C=O) groups is 1. The summed E-state index contributed by atoms with van der Waals surface area (Å²) in [7, 11) is 2.17. The highest BCUT2D eigenvalue weighted by Crippen LogP contribution is 2.01. The van der Waals surface area contributed by atoms with Crippen molar-refractivity contribution in [2.24, 2.45) is 0 Å². The number of hydrogen-bond donors (Lipinski definition) is 0. The molecular formula is C11H23NO. The summed E-state index contributed by atoms with van der Waals surface area (Å²) in [5, 5.41) is 0. The molecule has 1 aliphatic rings. The topological polar surface area (TPSA) is 20.3 Å². The van der Waals surface area contributed by atoms with E-state index in [2.05, 4.69) is 18.5 Å². The van der Waals surface area contributed by atoms with Crippen molar-refractivity contribution in [2.45, 2.75) is 33.6 Å². The summed E-state index contributed by atoms with van der Waals surface area (Å²) in [5.74, 6) is 0.0185. The highest BCUT2D eigenvalue weighted by atomic mass is 16.1. The third-order valence-electron chi connectivity index (χ3n) is 1.62. The van der Waals surface area contributed by atoms with Crippen molar-refractivity contribution < 1.29 is 4.79 Å². The first-order valence-electron chi connectivity index (χ1n) is 4.98. The van der Waals surface area contributed by atoms with Crippen LogP contribution >= 0.6 is 0 Å². The minimum Gasteiger partial charge on any atom is -0.306 e. The summed E-state index contributed by atoms with van der Waals surface area (Å²) in [4.78, 5) is 12.1. The van der Waals surface area contributed by atoms with Crippen LogP contribution in [0.1, 0.15) is 33.6 Å².